The molecule has 1 amide bonds. The molecule has 0 bridgehead atoms. The maximum Gasteiger partial charge on any atom is 0.234 e. The molecular formula is C20H31N3O2. The van der Waals surface area contributed by atoms with Gasteiger partial charge in [0.1, 0.15) is 0 Å². The molecule has 2 fully saturated rings. The monoisotopic (exact) mass is 345 g/mol. The molecule has 1 atom stereocenters. The molecule has 5 nitrogen and oxygen atoms in total. The maximum atomic E-state index is 12.2. The van der Waals surface area contributed by atoms with Gasteiger partial charge in [-0.2, -0.15) is 0 Å². The summed E-state index contributed by atoms with van der Waals surface area (Å²) in [6.07, 6.45) is 3.72. The zero-order valence-corrected chi connectivity index (χ0v) is 15.4. The number of nitrogens with zero attached hydrogens (tertiary/aromatic N) is 2. The van der Waals surface area contributed by atoms with E-state index < -0.39 is 0 Å². The van der Waals surface area contributed by atoms with Crippen LogP contribution in [0.5, 0.6) is 0 Å². The van der Waals surface area contributed by atoms with E-state index in [4.69, 9.17) is 4.74 Å². The van der Waals surface area contributed by atoms with E-state index in [1.54, 1.807) is 0 Å². The lowest BCUT2D eigenvalue weighted by molar-refractivity contribution is -0.122. The van der Waals surface area contributed by atoms with Gasteiger partial charge in [-0.25, -0.2) is 0 Å². The van der Waals surface area contributed by atoms with Crippen LogP contribution in [0.2, 0.25) is 0 Å². The first-order chi connectivity index (χ1) is 12.2. The average Bonchev–Trinajstić information content (AvgIpc) is 3.11. The molecule has 1 aromatic rings. The van der Waals surface area contributed by atoms with Crippen LogP contribution in [0.25, 0.3) is 0 Å². The molecule has 138 valence electrons. The van der Waals surface area contributed by atoms with E-state index in [-0.39, 0.29) is 5.91 Å². The number of benzene rings is 1. The minimum absolute atomic E-state index is 0.140. The van der Waals surface area contributed by atoms with Crippen molar-refractivity contribution in [2.75, 3.05) is 52.4 Å². The van der Waals surface area contributed by atoms with Crippen LogP contribution in [0.15, 0.2) is 24.3 Å². The summed E-state index contributed by atoms with van der Waals surface area (Å²) in [7, 11) is 0. The number of carbonyl (C=O) groups is 1. The molecule has 1 N–H and O–H groups in total. The zero-order chi connectivity index (χ0) is 17.5. The molecule has 2 aliphatic heterocycles. The molecule has 0 saturated carbocycles. The van der Waals surface area contributed by atoms with Gasteiger partial charge in [0.05, 0.1) is 12.6 Å². The van der Waals surface area contributed by atoms with Crippen molar-refractivity contribution in [2.24, 2.45) is 0 Å². The standard InChI is InChI=1S/C20H31N3O2/c1-17-5-2-3-6-18(17)8-9-21-20(24)16-23-12-10-22(11-13-23)15-19-7-4-14-25-19/h2-3,5-6,19H,4,7-16H2,1H3,(H,21,24). The van der Waals surface area contributed by atoms with Crippen LogP contribution in [-0.2, 0) is 16.0 Å². The predicted octanol–water partition coefficient (Wildman–Crippen LogP) is 1.45. The second-order valence-corrected chi connectivity index (χ2v) is 7.24. The van der Waals surface area contributed by atoms with E-state index in [1.165, 1.54) is 24.0 Å². The molecule has 0 spiro atoms. The molecule has 3 rings (SSSR count). The van der Waals surface area contributed by atoms with Crippen molar-refractivity contribution in [1.29, 1.82) is 0 Å². The smallest absolute Gasteiger partial charge is 0.234 e. The largest absolute Gasteiger partial charge is 0.377 e. The summed E-state index contributed by atoms with van der Waals surface area (Å²) in [6, 6.07) is 8.36. The van der Waals surface area contributed by atoms with E-state index in [0.29, 0.717) is 19.2 Å². The number of ether oxygens (including phenoxy) is 1. The van der Waals surface area contributed by atoms with E-state index in [1.807, 2.05) is 0 Å². The Labute approximate surface area is 151 Å². The van der Waals surface area contributed by atoms with Gasteiger partial charge < -0.3 is 10.1 Å². The molecule has 25 heavy (non-hydrogen) atoms. The molecule has 2 aliphatic rings. The number of rotatable bonds is 7. The normalized spacial score (nSPS) is 22.2. The molecular weight excluding hydrogens is 314 g/mol. The third kappa shape index (κ3) is 5.80. The van der Waals surface area contributed by atoms with Crippen LogP contribution in [0.4, 0.5) is 0 Å². The number of aryl methyl sites for hydroxylation is 1. The van der Waals surface area contributed by atoms with Gasteiger partial charge in [0, 0.05) is 45.9 Å². The Bertz CT molecular complexity index is 550. The van der Waals surface area contributed by atoms with Crippen molar-refractivity contribution in [3.8, 4) is 0 Å². The fourth-order valence-corrected chi connectivity index (χ4v) is 3.69. The lowest BCUT2D eigenvalue weighted by Gasteiger charge is -2.35. The van der Waals surface area contributed by atoms with Crippen LogP contribution in [0.1, 0.15) is 24.0 Å². The number of piperazine rings is 1. The van der Waals surface area contributed by atoms with E-state index in [0.717, 1.165) is 45.8 Å². The number of hydrogen-bond acceptors (Lipinski definition) is 4. The SMILES string of the molecule is Cc1ccccc1CCNC(=O)CN1CCN(CC2CCCO2)CC1. The maximum absolute atomic E-state index is 12.2. The fraction of sp³-hybridized carbons (Fsp3) is 0.650. The van der Waals surface area contributed by atoms with Gasteiger partial charge in [0.2, 0.25) is 5.91 Å². The van der Waals surface area contributed by atoms with E-state index in [2.05, 4.69) is 46.3 Å². The van der Waals surface area contributed by atoms with Gasteiger partial charge in [-0.15, -0.1) is 0 Å². The van der Waals surface area contributed by atoms with Crippen molar-refractivity contribution < 1.29 is 9.53 Å². The summed E-state index contributed by atoms with van der Waals surface area (Å²) in [4.78, 5) is 16.9. The average molecular weight is 345 g/mol. The summed E-state index contributed by atoms with van der Waals surface area (Å²) < 4.78 is 5.72. The summed E-state index contributed by atoms with van der Waals surface area (Å²) in [5.74, 6) is 0.140. The highest BCUT2D eigenvalue weighted by atomic mass is 16.5. The van der Waals surface area contributed by atoms with Crippen molar-refractivity contribution in [2.45, 2.75) is 32.3 Å². The third-order valence-corrected chi connectivity index (χ3v) is 5.30. The van der Waals surface area contributed by atoms with Gasteiger partial charge in [-0.1, -0.05) is 24.3 Å². The van der Waals surface area contributed by atoms with E-state index in [9.17, 15) is 4.79 Å². The highest BCUT2D eigenvalue weighted by molar-refractivity contribution is 5.78. The zero-order valence-electron chi connectivity index (χ0n) is 15.4. The molecule has 1 unspecified atom stereocenters. The molecule has 0 aromatic heterocycles. The highest BCUT2D eigenvalue weighted by Gasteiger charge is 2.23. The quantitative estimate of drug-likeness (QED) is 0.812. The Morgan fingerprint density at radius 1 is 1.20 bits per heavy atom. The number of nitrogens with one attached hydrogen (secondary N) is 1. The third-order valence-electron chi connectivity index (χ3n) is 5.30. The molecule has 1 aromatic carbocycles. The second-order valence-electron chi connectivity index (χ2n) is 7.24. The first-order valence-corrected chi connectivity index (χ1v) is 9.58. The Kier molecular flexibility index (Phi) is 6.84. The van der Waals surface area contributed by atoms with Crippen molar-refractivity contribution in [3.05, 3.63) is 35.4 Å². The minimum atomic E-state index is 0.140. The predicted molar refractivity (Wildman–Crippen MR) is 99.7 cm³/mol. The molecule has 0 aliphatic carbocycles. The molecule has 2 heterocycles. The molecule has 5 heteroatoms. The Hall–Kier alpha value is -1.43. The summed E-state index contributed by atoms with van der Waals surface area (Å²) in [5, 5.41) is 3.06. The number of amides is 1. The Balaban J connectivity index is 1.30. The van der Waals surface area contributed by atoms with E-state index >= 15 is 0 Å². The van der Waals surface area contributed by atoms with Gasteiger partial charge in [0.15, 0.2) is 0 Å². The molecule has 2 saturated heterocycles. The van der Waals surface area contributed by atoms with Crippen molar-refractivity contribution in [1.82, 2.24) is 15.1 Å². The Morgan fingerprint density at radius 3 is 2.68 bits per heavy atom. The Morgan fingerprint density at radius 2 is 1.96 bits per heavy atom. The van der Waals surface area contributed by atoms with Crippen molar-refractivity contribution in [3.63, 3.8) is 0 Å². The van der Waals surface area contributed by atoms with Crippen LogP contribution >= 0.6 is 0 Å². The summed E-state index contributed by atoms with van der Waals surface area (Å²) in [6.45, 7) is 9.34. The van der Waals surface area contributed by atoms with Gasteiger partial charge in [-0.3, -0.25) is 14.6 Å². The van der Waals surface area contributed by atoms with Gasteiger partial charge in [0.25, 0.3) is 0 Å². The number of hydrogen-bond donors (Lipinski definition) is 1. The fourth-order valence-electron chi connectivity index (χ4n) is 3.69. The first kappa shape index (κ1) is 18.4. The topological polar surface area (TPSA) is 44.8 Å². The van der Waals surface area contributed by atoms with Crippen LogP contribution in [0, 0.1) is 6.92 Å². The molecule has 0 radical (unpaired) electrons. The first-order valence-electron chi connectivity index (χ1n) is 9.58. The number of carbonyl (C=O) groups excluding carboxylic acids is 1. The van der Waals surface area contributed by atoms with Crippen molar-refractivity contribution >= 4 is 5.91 Å². The summed E-state index contributed by atoms with van der Waals surface area (Å²) >= 11 is 0. The lowest BCUT2D eigenvalue weighted by Crippen LogP contribution is -2.51. The van der Waals surface area contributed by atoms with Gasteiger partial charge >= 0.3 is 0 Å². The highest BCUT2D eigenvalue weighted by Crippen LogP contribution is 2.14. The lowest BCUT2D eigenvalue weighted by atomic mass is 10.1. The second kappa shape index (κ2) is 9.32. The van der Waals surface area contributed by atoms with Crippen LogP contribution in [-0.4, -0.2) is 74.2 Å². The van der Waals surface area contributed by atoms with Crippen LogP contribution < -0.4 is 5.32 Å². The van der Waals surface area contributed by atoms with Gasteiger partial charge in [-0.05, 0) is 37.3 Å². The summed E-state index contributed by atoms with van der Waals surface area (Å²) in [5.41, 5.74) is 2.60. The minimum Gasteiger partial charge on any atom is -0.377 e. The van der Waals surface area contributed by atoms with Crippen LogP contribution in [0.3, 0.4) is 0 Å².